The Hall–Kier alpha value is -3.10. The van der Waals surface area contributed by atoms with Gasteiger partial charge in [-0.2, -0.15) is 0 Å². The van der Waals surface area contributed by atoms with Gasteiger partial charge in [-0.05, 0) is 29.7 Å². The van der Waals surface area contributed by atoms with Gasteiger partial charge >= 0.3 is 0 Å². The van der Waals surface area contributed by atoms with Gasteiger partial charge in [0.15, 0.2) is 0 Å². The van der Waals surface area contributed by atoms with Crippen LogP contribution in [0.25, 0.3) is 0 Å². The van der Waals surface area contributed by atoms with Crippen molar-refractivity contribution in [1.82, 2.24) is 14.7 Å². The van der Waals surface area contributed by atoms with Crippen molar-refractivity contribution in [2.45, 2.75) is 44.9 Å². The first-order valence-electron chi connectivity index (χ1n) is 13.4. The van der Waals surface area contributed by atoms with Crippen LogP contribution in [0.1, 0.15) is 41.3 Å². The number of aliphatic hydroxyl groups excluding tert-OH is 1. The van der Waals surface area contributed by atoms with Gasteiger partial charge in [0.25, 0.3) is 5.91 Å². The number of fused-ring (bicyclic) bond motifs is 2. The van der Waals surface area contributed by atoms with E-state index in [9.17, 15) is 14.7 Å². The van der Waals surface area contributed by atoms with E-state index in [4.69, 9.17) is 4.74 Å². The van der Waals surface area contributed by atoms with Crippen LogP contribution >= 0.6 is 0 Å². The minimum atomic E-state index is -0.607. The van der Waals surface area contributed by atoms with Crippen LogP contribution in [0.3, 0.4) is 0 Å². The summed E-state index contributed by atoms with van der Waals surface area (Å²) < 4.78 is 6.24. The largest absolute Gasteiger partial charge is 0.490 e. The van der Waals surface area contributed by atoms with Crippen molar-refractivity contribution in [3.63, 3.8) is 0 Å². The number of piperidine rings is 1. The molecule has 0 spiro atoms. The molecule has 1 fully saturated rings. The van der Waals surface area contributed by atoms with Crippen LogP contribution in [0.2, 0.25) is 0 Å². The molecule has 5 rings (SSSR count). The van der Waals surface area contributed by atoms with Gasteiger partial charge < -0.3 is 24.5 Å². The average molecular weight is 507 g/mol. The zero-order valence-corrected chi connectivity index (χ0v) is 21.9. The van der Waals surface area contributed by atoms with Crippen molar-refractivity contribution in [3.8, 4) is 5.75 Å². The SMILES string of the molecule is CC(=O)N1CCC(Oc2ccc3c(c2)N(C)CCN(C[C@H](O)CN2CCc4ccccc4C2)C3=O)CC1. The van der Waals surface area contributed by atoms with E-state index in [0.717, 1.165) is 43.8 Å². The summed E-state index contributed by atoms with van der Waals surface area (Å²) in [7, 11) is 1.99. The van der Waals surface area contributed by atoms with Crippen LogP contribution in [0.5, 0.6) is 5.75 Å². The maximum Gasteiger partial charge on any atom is 0.256 e. The highest BCUT2D eigenvalue weighted by Gasteiger charge is 2.29. The minimum Gasteiger partial charge on any atom is -0.490 e. The number of aliphatic hydroxyl groups is 1. The molecule has 3 aliphatic rings. The monoisotopic (exact) mass is 506 g/mol. The highest BCUT2D eigenvalue weighted by Crippen LogP contribution is 2.30. The highest BCUT2D eigenvalue weighted by molar-refractivity contribution is 6.00. The molecule has 0 bridgehead atoms. The first-order valence-corrected chi connectivity index (χ1v) is 13.4. The Morgan fingerprint density at radius 1 is 1.03 bits per heavy atom. The first-order chi connectivity index (χ1) is 17.9. The van der Waals surface area contributed by atoms with Gasteiger partial charge in [-0.1, -0.05) is 24.3 Å². The Labute approximate surface area is 219 Å². The molecule has 0 aliphatic carbocycles. The smallest absolute Gasteiger partial charge is 0.256 e. The quantitative estimate of drug-likeness (QED) is 0.649. The number of carbonyl (C=O) groups excluding carboxylic acids is 2. The lowest BCUT2D eigenvalue weighted by atomic mass is 10.00. The van der Waals surface area contributed by atoms with Crippen LogP contribution in [-0.2, 0) is 17.8 Å². The molecule has 37 heavy (non-hydrogen) atoms. The predicted octanol–water partition coefficient (Wildman–Crippen LogP) is 2.39. The van der Waals surface area contributed by atoms with Crippen molar-refractivity contribution in [3.05, 3.63) is 59.2 Å². The Morgan fingerprint density at radius 3 is 2.54 bits per heavy atom. The Kier molecular flexibility index (Phi) is 7.67. The molecular formula is C29H38N4O4. The molecule has 8 nitrogen and oxygen atoms in total. The summed E-state index contributed by atoms with van der Waals surface area (Å²) in [6, 6.07) is 14.2. The number of hydrogen-bond acceptors (Lipinski definition) is 6. The van der Waals surface area contributed by atoms with Gasteiger partial charge in [-0.3, -0.25) is 14.5 Å². The first kappa shape index (κ1) is 25.5. The molecule has 2 amide bonds. The van der Waals surface area contributed by atoms with Crippen molar-refractivity contribution in [1.29, 1.82) is 0 Å². The van der Waals surface area contributed by atoms with Gasteiger partial charge in [-0.25, -0.2) is 0 Å². The third-order valence-electron chi connectivity index (χ3n) is 7.90. The molecular weight excluding hydrogens is 468 g/mol. The summed E-state index contributed by atoms with van der Waals surface area (Å²) in [4.78, 5) is 33.1. The molecule has 1 N–H and O–H groups in total. The lowest BCUT2D eigenvalue weighted by Crippen LogP contribution is -2.44. The minimum absolute atomic E-state index is 0.0521. The van der Waals surface area contributed by atoms with E-state index < -0.39 is 6.10 Å². The van der Waals surface area contributed by atoms with Gasteiger partial charge in [0.1, 0.15) is 11.9 Å². The Morgan fingerprint density at radius 2 is 1.78 bits per heavy atom. The van der Waals surface area contributed by atoms with Crippen LogP contribution in [0.4, 0.5) is 5.69 Å². The second-order valence-electron chi connectivity index (χ2n) is 10.6. The maximum absolute atomic E-state index is 13.5. The number of benzene rings is 2. The van der Waals surface area contributed by atoms with E-state index in [2.05, 4.69) is 34.1 Å². The van der Waals surface area contributed by atoms with E-state index in [1.54, 1.807) is 11.8 Å². The fourth-order valence-electron chi connectivity index (χ4n) is 5.72. The molecule has 3 aliphatic heterocycles. The number of nitrogens with zero attached hydrogens (tertiary/aromatic N) is 4. The topological polar surface area (TPSA) is 76.6 Å². The van der Waals surface area contributed by atoms with E-state index in [-0.39, 0.29) is 17.9 Å². The molecule has 2 aromatic rings. The number of rotatable bonds is 6. The van der Waals surface area contributed by atoms with E-state index in [0.29, 0.717) is 44.8 Å². The number of β-amino-alcohol motifs (C(OH)–C–C–N with tert-alkyl or cyclic N) is 1. The van der Waals surface area contributed by atoms with Crippen LogP contribution in [-0.4, -0.2) is 96.7 Å². The number of ether oxygens (including phenoxy) is 1. The summed E-state index contributed by atoms with van der Waals surface area (Å²) in [5.41, 5.74) is 4.20. The van der Waals surface area contributed by atoms with Gasteiger partial charge in [-0.15, -0.1) is 0 Å². The summed E-state index contributed by atoms with van der Waals surface area (Å²) in [5, 5.41) is 10.9. The van der Waals surface area contributed by atoms with E-state index in [1.165, 1.54) is 11.1 Å². The molecule has 0 aromatic heterocycles. The van der Waals surface area contributed by atoms with Crippen molar-refractivity contribution in [2.75, 3.05) is 57.8 Å². The molecule has 1 atom stereocenters. The lowest BCUT2D eigenvalue weighted by molar-refractivity contribution is -0.130. The predicted molar refractivity (Wildman–Crippen MR) is 143 cm³/mol. The molecule has 8 heteroatoms. The molecule has 3 heterocycles. The van der Waals surface area contributed by atoms with E-state index >= 15 is 0 Å². The molecule has 1 saturated heterocycles. The highest BCUT2D eigenvalue weighted by atomic mass is 16.5. The molecule has 0 radical (unpaired) electrons. The third-order valence-corrected chi connectivity index (χ3v) is 7.90. The van der Waals surface area contributed by atoms with Gasteiger partial charge in [0.2, 0.25) is 5.91 Å². The number of amides is 2. The second-order valence-corrected chi connectivity index (χ2v) is 10.6. The normalized spacial score (nSPS) is 19.8. The molecule has 0 unspecified atom stereocenters. The number of carbonyl (C=O) groups is 2. The van der Waals surface area contributed by atoms with Gasteiger partial charge in [0.05, 0.1) is 17.4 Å². The third kappa shape index (κ3) is 5.91. The zero-order valence-electron chi connectivity index (χ0n) is 21.9. The summed E-state index contributed by atoms with van der Waals surface area (Å²) >= 11 is 0. The van der Waals surface area contributed by atoms with E-state index in [1.807, 2.05) is 30.1 Å². The summed E-state index contributed by atoms with van der Waals surface area (Å²) in [5.74, 6) is 0.807. The van der Waals surface area contributed by atoms with Crippen LogP contribution in [0.15, 0.2) is 42.5 Å². The maximum atomic E-state index is 13.5. The zero-order chi connectivity index (χ0) is 25.9. The average Bonchev–Trinajstić information content (AvgIpc) is 3.01. The lowest BCUT2D eigenvalue weighted by Gasteiger charge is -2.32. The number of likely N-dealkylation sites (N-methyl/N-ethyl adjacent to an activating group) is 1. The van der Waals surface area contributed by atoms with Gasteiger partial charge in [0, 0.05) is 85.2 Å². The van der Waals surface area contributed by atoms with Crippen molar-refractivity contribution >= 4 is 17.5 Å². The second kappa shape index (κ2) is 11.1. The molecule has 2 aromatic carbocycles. The van der Waals surface area contributed by atoms with Crippen molar-refractivity contribution < 1.29 is 19.4 Å². The fraction of sp³-hybridized carbons (Fsp3) is 0.517. The van der Waals surface area contributed by atoms with Crippen molar-refractivity contribution in [2.24, 2.45) is 0 Å². The Balaban J connectivity index is 1.20. The summed E-state index contributed by atoms with van der Waals surface area (Å²) in [6.45, 7) is 6.90. The number of hydrogen-bond donors (Lipinski definition) is 1. The number of anilines is 1. The van der Waals surface area contributed by atoms with Crippen LogP contribution < -0.4 is 9.64 Å². The summed E-state index contributed by atoms with van der Waals surface area (Å²) in [6.07, 6.45) is 2.06. The molecule has 198 valence electrons. The van der Waals surface area contributed by atoms with Crippen LogP contribution in [0, 0.1) is 0 Å². The Bertz CT molecular complexity index is 1130. The number of likely N-dealkylation sites (tertiary alicyclic amines) is 1. The fourth-order valence-corrected chi connectivity index (χ4v) is 5.72. The standard InChI is InChI=1S/C29H38N4O4/c1-21(34)32-13-10-25(11-14-32)37-26-7-8-27-28(17-26)30(2)15-16-33(29(27)36)20-24(35)19-31-12-9-22-5-3-4-6-23(22)18-31/h3-8,17,24-25,35H,9-16,18-20H2,1-2H3/t24-/m1/s1. The molecule has 0 saturated carbocycles.